The monoisotopic (exact) mass is 358 g/mol. The molecule has 0 aliphatic rings. The molecule has 4 N–H and O–H groups in total. The molecule has 1 atom stereocenters. The molecule has 0 aromatic heterocycles. The van der Waals surface area contributed by atoms with Crippen LogP contribution in [0, 0.1) is 16.0 Å². The van der Waals surface area contributed by atoms with Gasteiger partial charge in [-0.3, -0.25) is 14.9 Å². The van der Waals surface area contributed by atoms with E-state index in [0.717, 1.165) is 12.3 Å². The molecule has 1 rings (SSSR count). The van der Waals surface area contributed by atoms with E-state index < -0.39 is 20.8 Å². The van der Waals surface area contributed by atoms with Crippen LogP contribution in [0.1, 0.15) is 13.8 Å². The molecule has 0 bridgehead atoms. The van der Waals surface area contributed by atoms with Gasteiger partial charge in [0.15, 0.2) is 9.84 Å². The van der Waals surface area contributed by atoms with Gasteiger partial charge in [0.25, 0.3) is 5.69 Å². The first-order chi connectivity index (χ1) is 11.0. The second-order valence-electron chi connectivity index (χ2n) is 5.70. The van der Waals surface area contributed by atoms with Crippen molar-refractivity contribution in [3.05, 3.63) is 28.3 Å². The standard InChI is InChI=1S/C14H22N4O5S/c1-9(2)13(15)14(19)17-7-6-16-11-5-4-10(24(3,22)23)8-12(11)18(20)21/h4-5,8-9,13,16H,6-7,15H2,1-3H3,(H,17,19)/t13-/m0/s1. The molecule has 0 aliphatic heterocycles. The predicted molar refractivity (Wildman–Crippen MR) is 90.5 cm³/mol. The highest BCUT2D eigenvalue weighted by molar-refractivity contribution is 7.90. The van der Waals surface area contributed by atoms with Gasteiger partial charge in [-0.05, 0) is 18.1 Å². The number of hydrogen-bond donors (Lipinski definition) is 3. The first-order valence-electron chi connectivity index (χ1n) is 7.29. The topological polar surface area (TPSA) is 144 Å². The van der Waals surface area contributed by atoms with Gasteiger partial charge in [-0.25, -0.2) is 8.42 Å². The average molecular weight is 358 g/mol. The lowest BCUT2D eigenvalue weighted by Gasteiger charge is -2.15. The Kier molecular flexibility index (Phi) is 6.67. The number of nitrogens with two attached hydrogens (primary N) is 1. The van der Waals surface area contributed by atoms with E-state index in [1.54, 1.807) is 0 Å². The van der Waals surface area contributed by atoms with Crippen LogP contribution in [-0.2, 0) is 14.6 Å². The number of nitrogens with zero attached hydrogens (tertiary/aromatic N) is 1. The molecule has 0 radical (unpaired) electrons. The Morgan fingerprint density at radius 1 is 1.33 bits per heavy atom. The van der Waals surface area contributed by atoms with Gasteiger partial charge in [0.2, 0.25) is 5.91 Å². The van der Waals surface area contributed by atoms with Gasteiger partial charge < -0.3 is 16.4 Å². The largest absolute Gasteiger partial charge is 0.378 e. The summed E-state index contributed by atoms with van der Waals surface area (Å²) in [6.45, 7) is 4.12. The van der Waals surface area contributed by atoms with Crippen molar-refractivity contribution in [3.8, 4) is 0 Å². The smallest absolute Gasteiger partial charge is 0.293 e. The highest BCUT2D eigenvalue weighted by Crippen LogP contribution is 2.27. The number of carbonyl (C=O) groups is 1. The van der Waals surface area contributed by atoms with Crippen LogP contribution in [-0.4, -0.2) is 44.6 Å². The van der Waals surface area contributed by atoms with Gasteiger partial charge in [0.1, 0.15) is 5.69 Å². The lowest BCUT2D eigenvalue weighted by atomic mass is 10.1. The molecule has 0 spiro atoms. The van der Waals surface area contributed by atoms with E-state index in [-0.39, 0.29) is 41.2 Å². The molecule has 0 heterocycles. The van der Waals surface area contributed by atoms with E-state index in [1.807, 2.05) is 13.8 Å². The Balaban J connectivity index is 2.72. The minimum Gasteiger partial charge on any atom is -0.378 e. The second kappa shape index (κ2) is 8.06. The summed E-state index contributed by atoms with van der Waals surface area (Å²) in [5.41, 5.74) is 5.53. The van der Waals surface area contributed by atoms with Crippen molar-refractivity contribution in [1.29, 1.82) is 0 Å². The first kappa shape index (κ1) is 19.8. The fourth-order valence-corrected chi connectivity index (χ4v) is 2.49. The van der Waals surface area contributed by atoms with Crippen molar-refractivity contribution in [3.63, 3.8) is 0 Å². The number of amides is 1. The highest BCUT2D eigenvalue weighted by Gasteiger charge is 2.19. The molecule has 0 aliphatic carbocycles. The lowest BCUT2D eigenvalue weighted by Crippen LogP contribution is -2.45. The number of nitrogens with one attached hydrogen (secondary N) is 2. The van der Waals surface area contributed by atoms with Crippen LogP contribution in [0.4, 0.5) is 11.4 Å². The number of anilines is 1. The normalized spacial score (nSPS) is 12.7. The minimum atomic E-state index is -3.53. The van der Waals surface area contributed by atoms with Crippen LogP contribution in [0.2, 0.25) is 0 Å². The van der Waals surface area contributed by atoms with Crippen LogP contribution in [0.5, 0.6) is 0 Å². The van der Waals surface area contributed by atoms with E-state index in [1.165, 1.54) is 12.1 Å². The zero-order chi connectivity index (χ0) is 18.5. The van der Waals surface area contributed by atoms with E-state index in [4.69, 9.17) is 5.73 Å². The van der Waals surface area contributed by atoms with Gasteiger partial charge in [-0.15, -0.1) is 0 Å². The highest BCUT2D eigenvalue weighted by atomic mass is 32.2. The fourth-order valence-electron chi connectivity index (χ4n) is 1.85. The van der Waals surface area contributed by atoms with Crippen LogP contribution < -0.4 is 16.4 Å². The Bertz CT molecular complexity index is 718. The number of carbonyl (C=O) groups excluding carboxylic acids is 1. The van der Waals surface area contributed by atoms with Gasteiger partial charge >= 0.3 is 0 Å². The molecule has 0 saturated heterocycles. The zero-order valence-corrected chi connectivity index (χ0v) is 14.6. The molecule has 10 heteroatoms. The molecule has 1 amide bonds. The fraction of sp³-hybridized carbons (Fsp3) is 0.500. The van der Waals surface area contributed by atoms with Crippen molar-refractivity contribution in [2.45, 2.75) is 24.8 Å². The quantitative estimate of drug-likeness (QED) is 0.349. The summed E-state index contributed by atoms with van der Waals surface area (Å²) in [6.07, 6.45) is 0.979. The van der Waals surface area contributed by atoms with Gasteiger partial charge in [0.05, 0.1) is 15.9 Å². The zero-order valence-electron chi connectivity index (χ0n) is 13.8. The summed E-state index contributed by atoms with van der Waals surface area (Å²) in [5, 5.41) is 16.5. The maximum absolute atomic E-state index is 11.7. The number of nitro benzene ring substituents is 1. The third-order valence-electron chi connectivity index (χ3n) is 3.35. The summed E-state index contributed by atoms with van der Waals surface area (Å²) in [4.78, 5) is 22.0. The third kappa shape index (κ3) is 5.46. The number of nitro groups is 1. The van der Waals surface area contributed by atoms with E-state index >= 15 is 0 Å². The van der Waals surface area contributed by atoms with Crippen molar-refractivity contribution < 1.29 is 18.1 Å². The lowest BCUT2D eigenvalue weighted by molar-refractivity contribution is -0.384. The molecule has 1 aromatic rings. The molecular formula is C14H22N4O5S. The predicted octanol–water partition coefficient (Wildman–Crippen LogP) is 0.510. The molecule has 0 fully saturated rings. The SMILES string of the molecule is CC(C)[C@H](N)C(=O)NCCNc1ccc(S(C)(=O)=O)cc1[N+](=O)[O-]. The minimum absolute atomic E-state index is 0.00239. The van der Waals surface area contributed by atoms with Crippen LogP contribution in [0.15, 0.2) is 23.1 Å². The van der Waals surface area contributed by atoms with E-state index in [2.05, 4.69) is 10.6 Å². The van der Waals surface area contributed by atoms with E-state index in [9.17, 15) is 23.3 Å². The van der Waals surface area contributed by atoms with Crippen molar-refractivity contribution in [2.75, 3.05) is 24.7 Å². The van der Waals surface area contributed by atoms with Crippen LogP contribution in [0.3, 0.4) is 0 Å². The maximum atomic E-state index is 11.7. The molecule has 0 saturated carbocycles. The van der Waals surface area contributed by atoms with Crippen molar-refractivity contribution in [2.24, 2.45) is 11.7 Å². The van der Waals surface area contributed by atoms with Crippen molar-refractivity contribution in [1.82, 2.24) is 5.32 Å². The molecule has 24 heavy (non-hydrogen) atoms. The summed E-state index contributed by atoms with van der Waals surface area (Å²) in [5.74, 6) is -0.295. The number of rotatable bonds is 8. The van der Waals surface area contributed by atoms with E-state index in [0.29, 0.717) is 0 Å². The van der Waals surface area contributed by atoms with Gasteiger partial charge in [-0.1, -0.05) is 13.8 Å². The van der Waals surface area contributed by atoms with Gasteiger partial charge in [-0.2, -0.15) is 0 Å². The molecule has 0 unspecified atom stereocenters. The number of sulfone groups is 1. The second-order valence-corrected chi connectivity index (χ2v) is 7.71. The summed E-state index contributed by atoms with van der Waals surface area (Å²) >= 11 is 0. The van der Waals surface area contributed by atoms with Crippen molar-refractivity contribution >= 4 is 27.1 Å². The Morgan fingerprint density at radius 2 is 1.96 bits per heavy atom. The Hall–Kier alpha value is -2.20. The number of hydrogen-bond acceptors (Lipinski definition) is 7. The van der Waals surface area contributed by atoms with Gasteiger partial charge in [0, 0.05) is 25.4 Å². The Labute approximate surface area is 140 Å². The molecule has 134 valence electrons. The summed E-state index contributed by atoms with van der Waals surface area (Å²) < 4.78 is 22.9. The average Bonchev–Trinajstić information content (AvgIpc) is 2.49. The molecular weight excluding hydrogens is 336 g/mol. The summed E-state index contributed by atoms with van der Waals surface area (Å²) in [6, 6.07) is 3.01. The maximum Gasteiger partial charge on any atom is 0.293 e. The number of benzene rings is 1. The van der Waals surface area contributed by atoms with Crippen LogP contribution in [0.25, 0.3) is 0 Å². The summed E-state index contributed by atoms with van der Waals surface area (Å²) in [7, 11) is -3.53. The molecule has 9 nitrogen and oxygen atoms in total. The Morgan fingerprint density at radius 3 is 2.46 bits per heavy atom. The molecule has 1 aromatic carbocycles. The first-order valence-corrected chi connectivity index (χ1v) is 9.19. The van der Waals surface area contributed by atoms with Crippen LogP contribution >= 0.6 is 0 Å². The third-order valence-corrected chi connectivity index (χ3v) is 4.46.